The van der Waals surface area contributed by atoms with Gasteiger partial charge in [-0.05, 0) is 43.0 Å². The molecule has 2 atom stereocenters. The number of nitrogens with one attached hydrogen (secondary N) is 2. The molecule has 0 radical (unpaired) electrons. The Kier molecular flexibility index (Phi) is 7.54. The van der Waals surface area contributed by atoms with Gasteiger partial charge >= 0.3 is 0 Å². The normalized spacial score (nSPS) is 17.8. The van der Waals surface area contributed by atoms with Crippen LogP contribution in [0.15, 0.2) is 53.4 Å². The van der Waals surface area contributed by atoms with Gasteiger partial charge in [-0.2, -0.15) is 4.72 Å². The molecule has 1 heterocycles. The Labute approximate surface area is 180 Å². The predicted molar refractivity (Wildman–Crippen MR) is 113 cm³/mol. The number of sulfonamides is 1. The number of carbonyl (C=O) groups excluding carboxylic acids is 1. The lowest BCUT2D eigenvalue weighted by Crippen LogP contribution is -2.49. The maximum Gasteiger partial charge on any atom is 0.242 e. The van der Waals surface area contributed by atoms with Crippen LogP contribution in [-0.2, 0) is 26.0 Å². The summed E-state index contributed by atoms with van der Waals surface area (Å²) in [4.78, 5) is 12.6. The van der Waals surface area contributed by atoms with Crippen molar-refractivity contribution in [3.05, 3.63) is 64.1 Å². The minimum atomic E-state index is -4.07. The van der Waals surface area contributed by atoms with Crippen LogP contribution in [0.3, 0.4) is 0 Å². The molecule has 1 saturated heterocycles. The SMILES string of the molecule is O=C(NC[C@@H]1CCCO1)[C@@H](Cc1ccccc1)NS(=O)(=O)c1cc(Cl)ccc1Cl. The van der Waals surface area contributed by atoms with Crippen LogP contribution in [0.4, 0.5) is 0 Å². The third kappa shape index (κ3) is 6.17. The number of amides is 1. The molecular weight excluding hydrogens is 435 g/mol. The Bertz CT molecular complexity index is 948. The van der Waals surface area contributed by atoms with Crippen LogP contribution in [-0.4, -0.2) is 39.6 Å². The zero-order valence-electron chi connectivity index (χ0n) is 15.6. The Balaban J connectivity index is 1.79. The molecule has 1 fully saturated rings. The second-order valence-electron chi connectivity index (χ2n) is 6.82. The number of hydrogen-bond donors (Lipinski definition) is 2. The van der Waals surface area contributed by atoms with Gasteiger partial charge in [0, 0.05) is 18.2 Å². The molecule has 3 rings (SSSR count). The van der Waals surface area contributed by atoms with E-state index in [2.05, 4.69) is 10.0 Å². The summed E-state index contributed by atoms with van der Waals surface area (Å²) in [5.41, 5.74) is 0.824. The number of halogens is 2. The summed E-state index contributed by atoms with van der Waals surface area (Å²) in [6.45, 7) is 1.01. The van der Waals surface area contributed by atoms with E-state index in [1.807, 2.05) is 30.3 Å². The van der Waals surface area contributed by atoms with Crippen LogP contribution in [0.2, 0.25) is 10.0 Å². The van der Waals surface area contributed by atoms with E-state index < -0.39 is 22.0 Å². The topological polar surface area (TPSA) is 84.5 Å². The predicted octanol–water partition coefficient (Wildman–Crippen LogP) is 3.18. The molecule has 6 nitrogen and oxygen atoms in total. The molecule has 0 saturated carbocycles. The van der Waals surface area contributed by atoms with Gasteiger partial charge in [0.1, 0.15) is 10.9 Å². The van der Waals surface area contributed by atoms with Gasteiger partial charge in [-0.3, -0.25) is 4.79 Å². The standard InChI is InChI=1S/C20H22Cl2N2O4S/c21-15-8-9-17(22)19(12-15)29(26,27)24-18(11-14-5-2-1-3-6-14)20(25)23-13-16-7-4-10-28-16/h1-3,5-6,8-9,12,16,18,24H,4,7,10-11,13H2,(H,23,25)/t16-,18+/m0/s1. The molecule has 0 spiro atoms. The van der Waals surface area contributed by atoms with E-state index >= 15 is 0 Å². The van der Waals surface area contributed by atoms with Crippen LogP contribution in [0.25, 0.3) is 0 Å². The fourth-order valence-electron chi connectivity index (χ4n) is 3.11. The fraction of sp³-hybridized carbons (Fsp3) is 0.350. The molecule has 9 heteroatoms. The highest BCUT2D eigenvalue weighted by Gasteiger charge is 2.28. The Hall–Kier alpha value is -1.64. The van der Waals surface area contributed by atoms with Crippen molar-refractivity contribution in [1.29, 1.82) is 0 Å². The van der Waals surface area contributed by atoms with Crippen LogP contribution in [0.5, 0.6) is 0 Å². The molecule has 1 amide bonds. The molecule has 0 bridgehead atoms. The molecule has 0 aromatic heterocycles. The summed E-state index contributed by atoms with van der Waals surface area (Å²) in [5.74, 6) is -0.425. The van der Waals surface area contributed by atoms with Gasteiger partial charge in [0.15, 0.2) is 0 Å². The Morgan fingerprint density at radius 3 is 2.62 bits per heavy atom. The first-order valence-electron chi connectivity index (χ1n) is 9.26. The molecule has 0 unspecified atom stereocenters. The third-order valence-electron chi connectivity index (χ3n) is 4.61. The number of benzene rings is 2. The second kappa shape index (κ2) is 9.91. The van der Waals surface area contributed by atoms with Gasteiger partial charge in [0.05, 0.1) is 11.1 Å². The van der Waals surface area contributed by atoms with Gasteiger partial charge in [-0.15, -0.1) is 0 Å². The van der Waals surface area contributed by atoms with Crippen molar-refractivity contribution in [3.63, 3.8) is 0 Å². The van der Waals surface area contributed by atoms with E-state index in [1.54, 1.807) is 0 Å². The molecular formula is C20H22Cl2N2O4S. The summed E-state index contributed by atoms with van der Waals surface area (Å²) >= 11 is 12.0. The van der Waals surface area contributed by atoms with Crippen molar-refractivity contribution in [2.24, 2.45) is 0 Å². The Morgan fingerprint density at radius 1 is 1.17 bits per heavy atom. The van der Waals surface area contributed by atoms with Crippen LogP contribution >= 0.6 is 23.2 Å². The van der Waals surface area contributed by atoms with Crippen molar-refractivity contribution in [2.45, 2.75) is 36.3 Å². The zero-order valence-corrected chi connectivity index (χ0v) is 17.9. The molecule has 2 aromatic carbocycles. The highest BCUT2D eigenvalue weighted by Crippen LogP contribution is 2.25. The summed E-state index contributed by atoms with van der Waals surface area (Å²) in [7, 11) is -4.07. The fourth-order valence-corrected chi connectivity index (χ4v) is 5.07. The lowest BCUT2D eigenvalue weighted by Gasteiger charge is -2.20. The quantitative estimate of drug-likeness (QED) is 0.638. The molecule has 2 aromatic rings. The molecule has 2 N–H and O–H groups in total. The molecule has 1 aliphatic rings. The summed E-state index contributed by atoms with van der Waals surface area (Å²) in [6.07, 6.45) is 1.96. The van der Waals surface area contributed by atoms with E-state index in [4.69, 9.17) is 27.9 Å². The number of rotatable bonds is 8. The number of ether oxygens (including phenoxy) is 1. The minimum absolute atomic E-state index is 0.0279. The van der Waals surface area contributed by atoms with Gasteiger partial charge in [-0.25, -0.2) is 8.42 Å². The first-order chi connectivity index (χ1) is 13.8. The number of carbonyl (C=O) groups is 1. The highest BCUT2D eigenvalue weighted by atomic mass is 35.5. The first-order valence-corrected chi connectivity index (χ1v) is 11.5. The number of hydrogen-bond acceptors (Lipinski definition) is 4. The van der Waals surface area contributed by atoms with Crippen molar-refractivity contribution < 1.29 is 17.9 Å². The summed E-state index contributed by atoms with van der Waals surface area (Å²) in [6, 6.07) is 12.3. The van der Waals surface area contributed by atoms with Gasteiger partial charge in [-0.1, -0.05) is 53.5 Å². The van der Waals surface area contributed by atoms with E-state index in [9.17, 15) is 13.2 Å². The summed E-state index contributed by atoms with van der Waals surface area (Å²) < 4.78 is 33.8. The average Bonchev–Trinajstić information content (AvgIpc) is 3.21. The largest absolute Gasteiger partial charge is 0.376 e. The smallest absolute Gasteiger partial charge is 0.242 e. The molecule has 1 aliphatic heterocycles. The van der Waals surface area contributed by atoms with Crippen molar-refractivity contribution >= 4 is 39.1 Å². The van der Waals surface area contributed by atoms with E-state index in [0.29, 0.717) is 13.2 Å². The van der Waals surface area contributed by atoms with Gasteiger partial charge in [0.25, 0.3) is 0 Å². The molecule has 0 aliphatic carbocycles. The van der Waals surface area contributed by atoms with Crippen LogP contribution < -0.4 is 10.0 Å². The minimum Gasteiger partial charge on any atom is -0.376 e. The van der Waals surface area contributed by atoms with E-state index in [0.717, 1.165) is 18.4 Å². The second-order valence-corrected chi connectivity index (χ2v) is 9.34. The van der Waals surface area contributed by atoms with E-state index in [-0.39, 0.29) is 27.5 Å². The lowest BCUT2D eigenvalue weighted by molar-refractivity contribution is -0.123. The maximum absolute atomic E-state index is 12.9. The van der Waals surface area contributed by atoms with Crippen molar-refractivity contribution in [3.8, 4) is 0 Å². The van der Waals surface area contributed by atoms with Crippen LogP contribution in [0, 0.1) is 0 Å². The van der Waals surface area contributed by atoms with Gasteiger partial charge in [0.2, 0.25) is 15.9 Å². The van der Waals surface area contributed by atoms with Crippen LogP contribution in [0.1, 0.15) is 18.4 Å². The molecule has 156 valence electrons. The van der Waals surface area contributed by atoms with Crippen molar-refractivity contribution in [2.75, 3.05) is 13.2 Å². The van der Waals surface area contributed by atoms with E-state index in [1.165, 1.54) is 18.2 Å². The van der Waals surface area contributed by atoms with Crippen molar-refractivity contribution in [1.82, 2.24) is 10.0 Å². The zero-order chi connectivity index (χ0) is 20.9. The Morgan fingerprint density at radius 2 is 1.93 bits per heavy atom. The first kappa shape index (κ1) is 22.1. The van der Waals surface area contributed by atoms with Gasteiger partial charge < -0.3 is 10.1 Å². The monoisotopic (exact) mass is 456 g/mol. The third-order valence-corrected chi connectivity index (χ3v) is 6.80. The maximum atomic E-state index is 12.9. The summed E-state index contributed by atoms with van der Waals surface area (Å²) in [5, 5.41) is 3.06. The molecule has 29 heavy (non-hydrogen) atoms. The highest BCUT2D eigenvalue weighted by molar-refractivity contribution is 7.89. The lowest BCUT2D eigenvalue weighted by atomic mass is 10.1. The average molecular weight is 457 g/mol.